The lowest BCUT2D eigenvalue weighted by molar-refractivity contribution is -0.138. The van der Waals surface area contributed by atoms with E-state index in [-0.39, 0.29) is 38.4 Å². The fourth-order valence-corrected chi connectivity index (χ4v) is 4.64. The van der Waals surface area contributed by atoms with Crippen LogP contribution in [0.2, 0.25) is 0 Å². The average molecular weight is 593 g/mol. The SMILES string of the molecule is O=C(NCC(=O)N1CCN(C(=O)c2ccccc2C(F)(F)F)CC1)c1cc(-c2ccccc2OCc2ccccc2)on1. The zero-order valence-corrected chi connectivity index (χ0v) is 22.8. The van der Waals surface area contributed by atoms with E-state index in [1.54, 1.807) is 18.2 Å². The lowest BCUT2D eigenvalue weighted by Gasteiger charge is -2.35. The topological polar surface area (TPSA) is 105 Å². The Labute approximate surface area is 244 Å². The maximum atomic E-state index is 13.3. The number of benzene rings is 3. The number of ether oxygens (including phenoxy) is 1. The number of amides is 3. The van der Waals surface area contributed by atoms with Crippen molar-refractivity contribution in [3.8, 4) is 17.1 Å². The molecule has 0 saturated carbocycles. The molecule has 1 aromatic heterocycles. The van der Waals surface area contributed by atoms with Gasteiger partial charge in [0.15, 0.2) is 11.5 Å². The minimum atomic E-state index is -4.66. The van der Waals surface area contributed by atoms with E-state index >= 15 is 0 Å². The number of nitrogens with one attached hydrogen (secondary N) is 1. The van der Waals surface area contributed by atoms with Crippen LogP contribution in [0.5, 0.6) is 5.75 Å². The number of para-hydroxylation sites is 1. The Morgan fingerprint density at radius 3 is 2.26 bits per heavy atom. The molecule has 0 aliphatic carbocycles. The number of hydrogen-bond donors (Lipinski definition) is 1. The maximum Gasteiger partial charge on any atom is 0.417 e. The third-order valence-corrected chi connectivity index (χ3v) is 6.92. The molecule has 43 heavy (non-hydrogen) atoms. The van der Waals surface area contributed by atoms with Crippen LogP contribution in [0.1, 0.15) is 32.0 Å². The first-order chi connectivity index (χ1) is 20.7. The number of hydrogen-bond acceptors (Lipinski definition) is 6. The van der Waals surface area contributed by atoms with Gasteiger partial charge < -0.3 is 24.4 Å². The lowest BCUT2D eigenvalue weighted by atomic mass is 10.1. The van der Waals surface area contributed by atoms with Gasteiger partial charge in [0.25, 0.3) is 11.8 Å². The van der Waals surface area contributed by atoms with Crippen molar-refractivity contribution in [3.63, 3.8) is 0 Å². The molecule has 222 valence electrons. The third kappa shape index (κ3) is 7.03. The van der Waals surface area contributed by atoms with E-state index in [0.717, 1.165) is 17.7 Å². The molecule has 1 fully saturated rings. The molecule has 4 aromatic rings. The lowest BCUT2D eigenvalue weighted by Crippen LogP contribution is -2.52. The Morgan fingerprint density at radius 1 is 0.860 bits per heavy atom. The molecular formula is C31H27F3N4O5. The molecular weight excluding hydrogens is 565 g/mol. The Kier molecular flexibility index (Phi) is 8.74. The maximum absolute atomic E-state index is 13.3. The van der Waals surface area contributed by atoms with Gasteiger partial charge in [-0.15, -0.1) is 0 Å². The van der Waals surface area contributed by atoms with Gasteiger partial charge in [-0.05, 0) is 29.8 Å². The molecule has 5 rings (SSSR count). The molecule has 1 aliphatic heterocycles. The minimum Gasteiger partial charge on any atom is -0.488 e. The van der Waals surface area contributed by atoms with Gasteiger partial charge in [-0.2, -0.15) is 13.2 Å². The van der Waals surface area contributed by atoms with Gasteiger partial charge in [0.2, 0.25) is 5.91 Å². The van der Waals surface area contributed by atoms with E-state index in [1.165, 1.54) is 28.0 Å². The molecule has 0 atom stereocenters. The number of carbonyl (C=O) groups is 3. The van der Waals surface area contributed by atoms with Crippen LogP contribution in [-0.4, -0.2) is 65.4 Å². The Morgan fingerprint density at radius 2 is 1.51 bits per heavy atom. The van der Waals surface area contributed by atoms with Crippen molar-refractivity contribution in [2.24, 2.45) is 0 Å². The summed E-state index contributed by atoms with van der Waals surface area (Å²) in [7, 11) is 0. The second kappa shape index (κ2) is 12.8. The summed E-state index contributed by atoms with van der Waals surface area (Å²) >= 11 is 0. The van der Waals surface area contributed by atoms with Crippen molar-refractivity contribution in [3.05, 3.63) is 107 Å². The van der Waals surface area contributed by atoms with Crippen LogP contribution in [0.15, 0.2) is 89.5 Å². The third-order valence-electron chi connectivity index (χ3n) is 6.92. The minimum absolute atomic E-state index is 0.0283. The molecule has 0 bridgehead atoms. The number of aromatic nitrogens is 1. The van der Waals surface area contributed by atoms with Crippen LogP contribution in [0.25, 0.3) is 11.3 Å². The molecule has 2 heterocycles. The smallest absolute Gasteiger partial charge is 0.417 e. The van der Waals surface area contributed by atoms with E-state index in [0.29, 0.717) is 23.7 Å². The van der Waals surface area contributed by atoms with Gasteiger partial charge in [0.05, 0.1) is 23.2 Å². The number of piperazine rings is 1. The molecule has 9 nitrogen and oxygen atoms in total. The van der Waals surface area contributed by atoms with Gasteiger partial charge >= 0.3 is 6.18 Å². The fraction of sp³-hybridized carbons (Fsp3) is 0.226. The number of nitrogens with zero attached hydrogens (tertiary/aromatic N) is 3. The van der Waals surface area contributed by atoms with Gasteiger partial charge in [0, 0.05) is 32.2 Å². The monoisotopic (exact) mass is 592 g/mol. The van der Waals surface area contributed by atoms with Crippen molar-refractivity contribution in [2.75, 3.05) is 32.7 Å². The van der Waals surface area contributed by atoms with Crippen LogP contribution in [-0.2, 0) is 17.6 Å². The van der Waals surface area contributed by atoms with Crippen LogP contribution in [0, 0.1) is 0 Å². The summed E-state index contributed by atoms with van der Waals surface area (Å²) in [6.45, 7) is 0.352. The average Bonchev–Trinajstić information content (AvgIpc) is 3.53. The van der Waals surface area contributed by atoms with Gasteiger partial charge in [0.1, 0.15) is 12.4 Å². The summed E-state index contributed by atoms with van der Waals surface area (Å²) in [5.41, 5.74) is 0.130. The van der Waals surface area contributed by atoms with Crippen LogP contribution < -0.4 is 10.1 Å². The van der Waals surface area contributed by atoms with Crippen molar-refractivity contribution in [1.82, 2.24) is 20.3 Å². The molecule has 0 spiro atoms. The van der Waals surface area contributed by atoms with E-state index in [4.69, 9.17) is 9.26 Å². The predicted molar refractivity (Wildman–Crippen MR) is 149 cm³/mol. The molecule has 0 radical (unpaired) electrons. The molecule has 1 saturated heterocycles. The largest absolute Gasteiger partial charge is 0.488 e. The van der Waals surface area contributed by atoms with Crippen molar-refractivity contribution >= 4 is 17.7 Å². The summed E-state index contributed by atoms with van der Waals surface area (Å²) in [4.78, 5) is 40.9. The molecule has 3 amide bonds. The van der Waals surface area contributed by atoms with Gasteiger partial charge in [-0.1, -0.05) is 59.8 Å². The molecule has 1 aliphatic rings. The second-order valence-electron chi connectivity index (χ2n) is 9.75. The zero-order valence-electron chi connectivity index (χ0n) is 22.8. The summed E-state index contributed by atoms with van der Waals surface area (Å²) < 4.78 is 51.4. The highest BCUT2D eigenvalue weighted by atomic mass is 19.4. The highest BCUT2D eigenvalue weighted by molar-refractivity contribution is 5.97. The first-order valence-corrected chi connectivity index (χ1v) is 13.4. The quantitative estimate of drug-likeness (QED) is 0.319. The fourth-order valence-electron chi connectivity index (χ4n) is 4.64. The summed E-state index contributed by atoms with van der Waals surface area (Å²) in [6, 6.07) is 22.9. The number of alkyl halides is 3. The summed E-state index contributed by atoms with van der Waals surface area (Å²) in [5.74, 6) is -0.914. The molecule has 0 unspecified atom stereocenters. The van der Waals surface area contributed by atoms with Crippen LogP contribution >= 0.6 is 0 Å². The highest BCUT2D eigenvalue weighted by Gasteiger charge is 2.36. The van der Waals surface area contributed by atoms with Crippen molar-refractivity contribution in [1.29, 1.82) is 0 Å². The molecule has 3 aromatic carbocycles. The Hall–Kier alpha value is -5.13. The van der Waals surface area contributed by atoms with E-state index in [2.05, 4.69) is 10.5 Å². The van der Waals surface area contributed by atoms with E-state index in [1.807, 2.05) is 36.4 Å². The van der Waals surface area contributed by atoms with Crippen LogP contribution in [0.4, 0.5) is 13.2 Å². The van der Waals surface area contributed by atoms with Gasteiger partial charge in [-0.3, -0.25) is 14.4 Å². The standard InChI is InChI=1S/C31H27F3N4O5/c32-31(33,34)24-12-6-4-10-22(24)30(41)38-16-14-37(15-17-38)28(39)19-35-29(40)25-18-27(43-36-25)23-11-5-7-13-26(23)42-20-21-8-2-1-3-9-21/h1-13,18H,14-17,19-20H2,(H,35,40). The van der Waals surface area contributed by atoms with E-state index < -0.39 is 35.0 Å². The Balaban J connectivity index is 1.13. The Bertz CT molecular complexity index is 1600. The number of halogens is 3. The van der Waals surface area contributed by atoms with Gasteiger partial charge in [-0.25, -0.2) is 0 Å². The van der Waals surface area contributed by atoms with Crippen LogP contribution in [0.3, 0.4) is 0 Å². The highest BCUT2D eigenvalue weighted by Crippen LogP contribution is 2.33. The predicted octanol–water partition coefficient (Wildman–Crippen LogP) is 4.65. The number of rotatable bonds is 8. The van der Waals surface area contributed by atoms with Crippen molar-refractivity contribution < 1.29 is 36.8 Å². The summed E-state index contributed by atoms with van der Waals surface area (Å²) in [5, 5.41) is 6.35. The first kappa shape index (κ1) is 29.4. The summed E-state index contributed by atoms with van der Waals surface area (Å²) in [6.07, 6.45) is -4.66. The number of carbonyl (C=O) groups excluding carboxylic acids is 3. The van der Waals surface area contributed by atoms with Crippen molar-refractivity contribution in [2.45, 2.75) is 12.8 Å². The molecule has 1 N–H and O–H groups in total. The molecule has 12 heteroatoms. The second-order valence-corrected chi connectivity index (χ2v) is 9.75. The first-order valence-electron chi connectivity index (χ1n) is 13.4. The van der Waals surface area contributed by atoms with E-state index in [9.17, 15) is 27.6 Å². The normalized spacial score (nSPS) is 13.5. The zero-order chi connectivity index (χ0) is 30.4.